The molecule has 1 atom stereocenters. The number of ether oxygens (including phenoxy) is 1. The molecule has 2 rings (SSSR count). The third kappa shape index (κ3) is 4.82. The number of rotatable bonds is 0. The minimum absolute atomic E-state index is 0.0474. The van der Waals surface area contributed by atoms with Gasteiger partial charge < -0.3 is 4.74 Å². The molecule has 1 fully saturated rings. The first-order valence-electron chi connectivity index (χ1n) is 7.52. The molecular formula is C18H23NO2. The maximum absolute atomic E-state index is 12.3. The molecule has 1 amide bonds. The molecule has 0 N–H and O–H groups in total. The van der Waals surface area contributed by atoms with Gasteiger partial charge in [0.2, 0.25) is 0 Å². The normalized spacial score (nSPS) is 18.6. The van der Waals surface area contributed by atoms with E-state index < -0.39 is 5.60 Å². The Labute approximate surface area is 127 Å². The van der Waals surface area contributed by atoms with E-state index in [4.69, 9.17) is 4.74 Å². The third-order valence-electron chi connectivity index (χ3n) is 3.29. The summed E-state index contributed by atoms with van der Waals surface area (Å²) in [6.45, 7) is 6.39. The highest BCUT2D eigenvalue weighted by atomic mass is 16.6. The molecule has 112 valence electrons. The first kappa shape index (κ1) is 15.4. The van der Waals surface area contributed by atoms with E-state index in [0.717, 1.165) is 31.4 Å². The summed E-state index contributed by atoms with van der Waals surface area (Å²) in [6.07, 6.45) is 2.78. The number of carbonyl (C=O) groups is 1. The lowest BCUT2D eigenvalue weighted by Crippen LogP contribution is -2.45. The Morgan fingerprint density at radius 3 is 2.62 bits per heavy atom. The van der Waals surface area contributed by atoms with E-state index >= 15 is 0 Å². The predicted octanol–water partition coefficient (Wildman–Crippen LogP) is 3.83. The van der Waals surface area contributed by atoms with Gasteiger partial charge in [0.25, 0.3) is 0 Å². The summed E-state index contributed by atoms with van der Waals surface area (Å²) in [4.78, 5) is 14.0. The molecule has 0 saturated carbocycles. The van der Waals surface area contributed by atoms with Gasteiger partial charge in [-0.1, -0.05) is 30.0 Å². The molecule has 1 aliphatic rings. The maximum Gasteiger partial charge on any atom is 0.411 e. The number of amides is 1. The van der Waals surface area contributed by atoms with Crippen molar-refractivity contribution >= 4 is 6.09 Å². The summed E-state index contributed by atoms with van der Waals surface area (Å²) < 4.78 is 5.48. The molecule has 1 aromatic rings. The number of carbonyl (C=O) groups excluding carboxylic acids is 1. The predicted molar refractivity (Wildman–Crippen MR) is 83.9 cm³/mol. The number of benzene rings is 1. The molecule has 1 heterocycles. The van der Waals surface area contributed by atoms with E-state index in [9.17, 15) is 4.79 Å². The Kier molecular flexibility index (Phi) is 4.90. The van der Waals surface area contributed by atoms with Crippen molar-refractivity contribution in [1.82, 2.24) is 4.90 Å². The van der Waals surface area contributed by atoms with Crippen LogP contribution in [-0.2, 0) is 4.74 Å². The zero-order valence-electron chi connectivity index (χ0n) is 13.1. The molecule has 21 heavy (non-hydrogen) atoms. The van der Waals surface area contributed by atoms with Gasteiger partial charge in [0.1, 0.15) is 5.60 Å². The largest absolute Gasteiger partial charge is 0.444 e. The molecule has 0 unspecified atom stereocenters. The van der Waals surface area contributed by atoms with Crippen LogP contribution in [0.15, 0.2) is 30.3 Å². The van der Waals surface area contributed by atoms with Crippen LogP contribution in [0.4, 0.5) is 4.79 Å². The van der Waals surface area contributed by atoms with Gasteiger partial charge in [0, 0.05) is 12.1 Å². The lowest BCUT2D eigenvalue weighted by molar-refractivity contribution is 0.0158. The number of piperidine rings is 1. The second-order valence-corrected chi connectivity index (χ2v) is 6.32. The number of hydrogen-bond donors (Lipinski definition) is 0. The highest BCUT2D eigenvalue weighted by Gasteiger charge is 2.29. The molecule has 3 nitrogen and oxygen atoms in total. The van der Waals surface area contributed by atoms with E-state index in [0.29, 0.717) is 0 Å². The summed E-state index contributed by atoms with van der Waals surface area (Å²) in [5, 5.41) is 0. The minimum Gasteiger partial charge on any atom is -0.444 e. The highest BCUT2D eigenvalue weighted by molar-refractivity contribution is 5.69. The zero-order chi connectivity index (χ0) is 15.3. The first-order chi connectivity index (χ1) is 9.96. The quantitative estimate of drug-likeness (QED) is 0.678. The molecule has 0 radical (unpaired) electrons. The summed E-state index contributed by atoms with van der Waals surface area (Å²) in [7, 11) is 0. The summed E-state index contributed by atoms with van der Waals surface area (Å²) >= 11 is 0. The standard InChI is InChI=1S/C18H23NO2/c1-18(2,3)21-17(20)19-14-8-7-11-16(19)13-12-15-9-5-4-6-10-15/h4-6,9-10,16H,7-8,11,14H2,1-3H3/t16-/m0/s1. The van der Waals surface area contributed by atoms with E-state index in [1.54, 1.807) is 4.90 Å². The fourth-order valence-corrected chi connectivity index (χ4v) is 2.31. The Balaban J connectivity index is 2.09. The van der Waals surface area contributed by atoms with E-state index in [1.165, 1.54) is 0 Å². The maximum atomic E-state index is 12.3. The molecular weight excluding hydrogens is 262 g/mol. The van der Waals surface area contributed by atoms with E-state index in [2.05, 4.69) is 11.8 Å². The molecule has 0 spiro atoms. The molecule has 3 heteroatoms. The molecule has 1 aliphatic heterocycles. The van der Waals surface area contributed by atoms with Crippen molar-refractivity contribution in [3.63, 3.8) is 0 Å². The van der Waals surface area contributed by atoms with Crippen molar-refractivity contribution in [3.05, 3.63) is 35.9 Å². The fourth-order valence-electron chi connectivity index (χ4n) is 2.31. The second kappa shape index (κ2) is 6.67. The topological polar surface area (TPSA) is 29.5 Å². The van der Waals surface area contributed by atoms with Crippen LogP contribution in [0.1, 0.15) is 45.6 Å². The van der Waals surface area contributed by atoms with Crippen molar-refractivity contribution in [1.29, 1.82) is 0 Å². The summed E-state index contributed by atoms with van der Waals surface area (Å²) in [6, 6.07) is 9.82. The Bertz CT molecular complexity index is 534. The smallest absolute Gasteiger partial charge is 0.411 e. The van der Waals surface area contributed by atoms with E-state index in [-0.39, 0.29) is 12.1 Å². The first-order valence-corrected chi connectivity index (χ1v) is 7.52. The average Bonchev–Trinajstić information content (AvgIpc) is 2.45. The van der Waals surface area contributed by atoms with Gasteiger partial charge in [-0.25, -0.2) is 4.79 Å². The van der Waals surface area contributed by atoms with Crippen LogP contribution >= 0.6 is 0 Å². The van der Waals surface area contributed by atoms with E-state index in [1.807, 2.05) is 51.1 Å². The SMILES string of the molecule is CC(C)(C)OC(=O)N1CCCC[C@H]1C#Cc1ccccc1. The third-order valence-corrected chi connectivity index (χ3v) is 3.29. The summed E-state index contributed by atoms with van der Waals surface area (Å²) in [5.41, 5.74) is 0.513. The number of hydrogen-bond acceptors (Lipinski definition) is 2. The van der Waals surface area contributed by atoms with Crippen LogP contribution in [-0.4, -0.2) is 29.2 Å². The van der Waals surface area contributed by atoms with Gasteiger partial charge >= 0.3 is 6.09 Å². The van der Waals surface area contributed by atoms with Crippen LogP contribution in [0.25, 0.3) is 0 Å². The lowest BCUT2D eigenvalue weighted by atomic mass is 10.0. The van der Waals surface area contributed by atoms with Crippen molar-refractivity contribution in [2.45, 2.75) is 51.7 Å². The molecule has 1 aromatic carbocycles. The Morgan fingerprint density at radius 1 is 1.24 bits per heavy atom. The second-order valence-electron chi connectivity index (χ2n) is 6.32. The fraction of sp³-hybridized carbons (Fsp3) is 0.500. The minimum atomic E-state index is -0.466. The van der Waals surface area contributed by atoms with Crippen molar-refractivity contribution < 1.29 is 9.53 Å². The van der Waals surface area contributed by atoms with Gasteiger partial charge in [0.05, 0.1) is 6.04 Å². The number of likely N-dealkylation sites (tertiary alicyclic amines) is 1. The molecule has 0 bridgehead atoms. The van der Waals surface area contributed by atoms with Crippen LogP contribution in [0.2, 0.25) is 0 Å². The average molecular weight is 285 g/mol. The van der Waals surface area contributed by atoms with Gasteiger partial charge in [-0.2, -0.15) is 0 Å². The monoisotopic (exact) mass is 285 g/mol. The van der Waals surface area contributed by atoms with Gasteiger partial charge in [-0.3, -0.25) is 4.90 Å². The van der Waals surface area contributed by atoms with Crippen molar-refractivity contribution in [2.24, 2.45) is 0 Å². The van der Waals surface area contributed by atoms with Gasteiger partial charge in [-0.15, -0.1) is 0 Å². The molecule has 0 aromatic heterocycles. The number of nitrogens with zero attached hydrogens (tertiary/aromatic N) is 1. The lowest BCUT2D eigenvalue weighted by Gasteiger charge is -2.34. The highest BCUT2D eigenvalue weighted by Crippen LogP contribution is 2.20. The van der Waals surface area contributed by atoms with Crippen LogP contribution in [0, 0.1) is 11.8 Å². The van der Waals surface area contributed by atoms with Gasteiger partial charge in [0.15, 0.2) is 0 Å². The Hall–Kier alpha value is -1.95. The van der Waals surface area contributed by atoms with Gasteiger partial charge in [-0.05, 0) is 52.2 Å². The van der Waals surface area contributed by atoms with Crippen molar-refractivity contribution in [2.75, 3.05) is 6.54 Å². The Morgan fingerprint density at radius 2 is 1.95 bits per heavy atom. The summed E-state index contributed by atoms with van der Waals surface area (Å²) in [5.74, 6) is 6.39. The zero-order valence-corrected chi connectivity index (χ0v) is 13.1. The molecule has 1 saturated heterocycles. The van der Waals surface area contributed by atoms with Crippen molar-refractivity contribution in [3.8, 4) is 11.8 Å². The molecule has 0 aliphatic carbocycles. The van der Waals surface area contributed by atoms with Crippen LogP contribution in [0.3, 0.4) is 0 Å². The van der Waals surface area contributed by atoms with Crippen LogP contribution in [0.5, 0.6) is 0 Å². The van der Waals surface area contributed by atoms with Crippen LogP contribution < -0.4 is 0 Å².